The molecule has 2 saturated heterocycles. The summed E-state index contributed by atoms with van der Waals surface area (Å²) in [5.74, 6) is 1.12. The van der Waals surface area contributed by atoms with Gasteiger partial charge in [0, 0.05) is 34.9 Å². The van der Waals surface area contributed by atoms with Gasteiger partial charge in [0.25, 0.3) is 0 Å². The summed E-state index contributed by atoms with van der Waals surface area (Å²) in [6, 6.07) is 8.21. The second-order valence-electron chi connectivity index (χ2n) is 10.1. The molecule has 0 aliphatic carbocycles. The van der Waals surface area contributed by atoms with Crippen molar-refractivity contribution in [1.29, 1.82) is 0 Å². The van der Waals surface area contributed by atoms with E-state index in [9.17, 15) is 18.3 Å². The first-order valence-electron chi connectivity index (χ1n) is 11.3. The van der Waals surface area contributed by atoms with Crippen LogP contribution in [-0.4, -0.2) is 42.7 Å². The van der Waals surface area contributed by atoms with E-state index in [-0.39, 0.29) is 27.1 Å². The Kier molecular flexibility index (Phi) is 5.31. The molecule has 2 aliphatic heterocycles. The number of alkyl halides is 3. The zero-order valence-corrected chi connectivity index (χ0v) is 19.0. The maximum atomic E-state index is 12.8. The van der Waals surface area contributed by atoms with Crippen LogP contribution in [0.5, 0.6) is 5.75 Å². The van der Waals surface area contributed by atoms with Gasteiger partial charge in [-0.15, -0.1) is 23.4 Å². The van der Waals surface area contributed by atoms with Crippen LogP contribution >= 0.6 is 0 Å². The highest BCUT2D eigenvalue weighted by Gasteiger charge is 2.48. The van der Waals surface area contributed by atoms with Crippen LogP contribution < -0.4 is 10.6 Å². The second kappa shape index (κ2) is 7.97. The quantitative estimate of drug-likeness (QED) is 0.489. The molecule has 180 valence electrons. The number of piperidine rings is 1. The van der Waals surface area contributed by atoms with Crippen LogP contribution in [0.2, 0.25) is 0 Å². The molecular formula is C24H27F3N6O. The van der Waals surface area contributed by atoms with E-state index in [1.165, 1.54) is 18.9 Å². The standard InChI is InChI=1S/C24H27F3N6O/c1-22-7-8-23(2,32-22)11-15(10-22)12-28-21-6-5-19(30-31-21)18-4-3-16(9-20(18)34)17-13-29-33(14-17)24(25,26)27/h3-6,9,13-15,32,34H,7-8,10-12H2,1-2H3,(H,28,31). The second-order valence-corrected chi connectivity index (χ2v) is 10.1. The maximum Gasteiger partial charge on any atom is 0.504 e. The Hall–Kier alpha value is -3.14. The predicted octanol–water partition coefficient (Wildman–Crippen LogP) is 4.91. The molecule has 5 rings (SSSR count). The summed E-state index contributed by atoms with van der Waals surface area (Å²) in [7, 11) is 0. The summed E-state index contributed by atoms with van der Waals surface area (Å²) in [4.78, 5) is 0. The number of benzene rings is 1. The summed E-state index contributed by atoms with van der Waals surface area (Å²) in [6.45, 7) is 5.44. The van der Waals surface area contributed by atoms with Crippen molar-refractivity contribution in [3.8, 4) is 28.1 Å². The Labute approximate surface area is 195 Å². The lowest BCUT2D eigenvalue weighted by Gasteiger charge is -2.42. The first kappa shape index (κ1) is 22.6. The van der Waals surface area contributed by atoms with Crippen molar-refractivity contribution in [2.24, 2.45) is 5.92 Å². The van der Waals surface area contributed by atoms with E-state index in [1.807, 2.05) is 6.07 Å². The number of fused-ring (bicyclic) bond motifs is 2. The number of phenolic OH excluding ortho intramolecular Hbond substituents is 1. The molecule has 1 aromatic carbocycles. The molecule has 2 aliphatic rings. The SMILES string of the molecule is CC12CCC(C)(CC(CNc3ccc(-c4ccc(-c5cnn(C(F)(F)F)c5)cc4O)nn3)C1)N2. The van der Waals surface area contributed by atoms with Crippen LogP contribution in [-0.2, 0) is 6.30 Å². The fraction of sp³-hybridized carbons (Fsp3) is 0.458. The number of aromatic hydroxyl groups is 1. The minimum absolute atomic E-state index is 0.0697. The van der Waals surface area contributed by atoms with Gasteiger partial charge in [-0.2, -0.15) is 9.78 Å². The molecule has 4 heterocycles. The van der Waals surface area contributed by atoms with E-state index >= 15 is 0 Å². The number of anilines is 1. The van der Waals surface area contributed by atoms with Crippen molar-refractivity contribution in [2.75, 3.05) is 11.9 Å². The normalized spacial score (nSPS) is 26.6. The number of phenols is 1. The van der Waals surface area contributed by atoms with Crippen molar-refractivity contribution < 1.29 is 18.3 Å². The number of aromatic nitrogens is 4. The Bertz CT molecular complexity index is 1180. The molecule has 7 nitrogen and oxygen atoms in total. The molecule has 2 aromatic heterocycles. The molecule has 0 radical (unpaired) electrons. The zero-order valence-electron chi connectivity index (χ0n) is 19.0. The number of halogens is 3. The molecule has 2 unspecified atom stereocenters. The molecular weight excluding hydrogens is 445 g/mol. The molecule has 0 saturated carbocycles. The lowest BCUT2D eigenvalue weighted by atomic mass is 9.80. The summed E-state index contributed by atoms with van der Waals surface area (Å²) < 4.78 is 38.3. The van der Waals surface area contributed by atoms with Crippen LogP contribution in [0.25, 0.3) is 22.4 Å². The van der Waals surface area contributed by atoms with Crippen LogP contribution in [0.4, 0.5) is 19.0 Å². The molecule has 2 bridgehead atoms. The van der Waals surface area contributed by atoms with E-state index in [0.29, 0.717) is 28.6 Å². The van der Waals surface area contributed by atoms with Gasteiger partial charge in [0.05, 0.1) is 11.9 Å². The van der Waals surface area contributed by atoms with Gasteiger partial charge < -0.3 is 15.7 Å². The number of nitrogens with one attached hydrogen (secondary N) is 2. The average molecular weight is 473 g/mol. The fourth-order valence-electron chi connectivity index (χ4n) is 5.56. The van der Waals surface area contributed by atoms with Gasteiger partial charge in [0.2, 0.25) is 0 Å². The molecule has 34 heavy (non-hydrogen) atoms. The van der Waals surface area contributed by atoms with Crippen molar-refractivity contribution in [1.82, 2.24) is 25.3 Å². The highest BCUT2D eigenvalue weighted by Crippen LogP contribution is 2.44. The van der Waals surface area contributed by atoms with E-state index in [1.54, 1.807) is 18.2 Å². The number of hydrogen-bond donors (Lipinski definition) is 3. The Morgan fingerprint density at radius 1 is 1.09 bits per heavy atom. The fourth-order valence-corrected chi connectivity index (χ4v) is 5.56. The van der Waals surface area contributed by atoms with Crippen molar-refractivity contribution in [3.63, 3.8) is 0 Å². The summed E-state index contributed by atoms with van der Waals surface area (Å²) in [5.41, 5.74) is 2.01. The number of hydrogen-bond acceptors (Lipinski definition) is 6. The van der Waals surface area contributed by atoms with Gasteiger partial charge >= 0.3 is 6.30 Å². The monoisotopic (exact) mass is 472 g/mol. The Balaban J connectivity index is 1.25. The average Bonchev–Trinajstić information content (AvgIpc) is 3.35. The van der Waals surface area contributed by atoms with Gasteiger partial charge in [0.1, 0.15) is 11.6 Å². The Morgan fingerprint density at radius 3 is 2.41 bits per heavy atom. The van der Waals surface area contributed by atoms with Gasteiger partial charge in [-0.05, 0) is 75.3 Å². The van der Waals surface area contributed by atoms with E-state index in [2.05, 4.69) is 39.8 Å². The third kappa shape index (κ3) is 4.46. The molecule has 0 spiro atoms. The van der Waals surface area contributed by atoms with Crippen LogP contribution in [0, 0.1) is 5.92 Å². The summed E-state index contributed by atoms with van der Waals surface area (Å²) >= 11 is 0. The largest absolute Gasteiger partial charge is 0.507 e. The third-order valence-corrected chi connectivity index (χ3v) is 7.00. The van der Waals surface area contributed by atoms with Gasteiger partial charge in [-0.25, -0.2) is 0 Å². The first-order chi connectivity index (χ1) is 16.0. The summed E-state index contributed by atoms with van der Waals surface area (Å²) in [6.07, 6.45) is 2.07. The highest BCUT2D eigenvalue weighted by atomic mass is 19.4. The zero-order chi connectivity index (χ0) is 24.1. The number of nitrogens with zero attached hydrogens (tertiary/aromatic N) is 4. The predicted molar refractivity (Wildman–Crippen MR) is 122 cm³/mol. The van der Waals surface area contributed by atoms with Gasteiger partial charge in [0.15, 0.2) is 0 Å². The topological polar surface area (TPSA) is 87.9 Å². The minimum atomic E-state index is -4.59. The molecule has 2 fully saturated rings. The Morgan fingerprint density at radius 2 is 1.82 bits per heavy atom. The van der Waals surface area contributed by atoms with E-state index in [0.717, 1.165) is 31.8 Å². The smallest absolute Gasteiger partial charge is 0.504 e. The summed E-state index contributed by atoms with van der Waals surface area (Å²) in [5, 5.41) is 29.5. The lowest BCUT2D eigenvalue weighted by molar-refractivity contribution is -0.212. The molecule has 3 aromatic rings. The first-order valence-corrected chi connectivity index (χ1v) is 11.3. The van der Waals surface area contributed by atoms with Crippen molar-refractivity contribution >= 4 is 5.82 Å². The highest BCUT2D eigenvalue weighted by molar-refractivity contribution is 5.73. The van der Waals surface area contributed by atoms with Crippen molar-refractivity contribution in [2.45, 2.75) is 56.9 Å². The van der Waals surface area contributed by atoms with Crippen molar-refractivity contribution in [3.05, 3.63) is 42.7 Å². The van der Waals surface area contributed by atoms with E-state index in [4.69, 9.17) is 0 Å². The maximum absolute atomic E-state index is 12.8. The third-order valence-electron chi connectivity index (χ3n) is 7.00. The van der Waals surface area contributed by atoms with E-state index < -0.39 is 6.30 Å². The molecule has 3 N–H and O–H groups in total. The van der Waals surface area contributed by atoms with Crippen LogP contribution in [0.15, 0.2) is 42.7 Å². The van der Waals surface area contributed by atoms with Crippen LogP contribution in [0.1, 0.15) is 39.5 Å². The molecule has 10 heteroatoms. The lowest BCUT2D eigenvalue weighted by Crippen LogP contribution is -2.54. The molecule has 0 amide bonds. The minimum Gasteiger partial charge on any atom is -0.507 e. The number of rotatable bonds is 5. The molecule has 2 atom stereocenters. The van der Waals surface area contributed by atoms with Gasteiger partial charge in [-0.3, -0.25) is 0 Å². The van der Waals surface area contributed by atoms with Crippen LogP contribution in [0.3, 0.4) is 0 Å². The van der Waals surface area contributed by atoms with Gasteiger partial charge in [-0.1, -0.05) is 6.07 Å².